The van der Waals surface area contributed by atoms with Gasteiger partial charge >= 0.3 is 6.09 Å². The fourth-order valence-corrected chi connectivity index (χ4v) is 6.98. The van der Waals surface area contributed by atoms with Crippen molar-refractivity contribution in [1.82, 2.24) is 24.3 Å². The Morgan fingerprint density at radius 1 is 1.00 bits per heavy atom. The average Bonchev–Trinajstić information content (AvgIpc) is 3.61. The minimum Gasteiger partial charge on any atom is -0.443 e. The van der Waals surface area contributed by atoms with Crippen molar-refractivity contribution in [2.45, 2.75) is 77.5 Å². The van der Waals surface area contributed by atoms with Crippen LogP contribution in [-0.4, -0.2) is 60.9 Å². The number of imide groups is 1. The van der Waals surface area contributed by atoms with Crippen molar-refractivity contribution in [3.05, 3.63) is 95.1 Å². The maximum absolute atomic E-state index is 13.6. The molecule has 0 bridgehead atoms. The molecule has 0 spiro atoms. The Bertz CT molecular complexity index is 1770. The van der Waals surface area contributed by atoms with Crippen molar-refractivity contribution in [2.24, 2.45) is 5.41 Å². The lowest BCUT2D eigenvalue weighted by atomic mass is 9.89. The SMILES string of the molecule is CC(C)(C)OC(=O)n1c(CN(CC2(CCN3C(=O)c4ccccc4C3=O)CC2)C2CCCc3cccnc32)nc2ccccc21. The first-order valence-electron chi connectivity index (χ1n) is 16.0. The summed E-state index contributed by atoms with van der Waals surface area (Å²) in [6.07, 6.45) is 7.15. The number of aryl methyl sites for hydroxylation is 1. The van der Waals surface area contributed by atoms with Crippen molar-refractivity contribution in [2.75, 3.05) is 13.1 Å². The van der Waals surface area contributed by atoms with Gasteiger partial charge in [0.2, 0.25) is 0 Å². The molecule has 1 fully saturated rings. The second kappa shape index (κ2) is 11.2. The highest BCUT2D eigenvalue weighted by atomic mass is 16.6. The zero-order chi connectivity index (χ0) is 31.3. The van der Waals surface area contributed by atoms with E-state index in [-0.39, 0.29) is 23.3 Å². The van der Waals surface area contributed by atoms with E-state index < -0.39 is 11.7 Å². The fraction of sp³-hybridized carbons (Fsp3) is 0.417. The Hall–Kier alpha value is -4.37. The summed E-state index contributed by atoms with van der Waals surface area (Å²) in [6.45, 7) is 7.16. The lowest BCUT2D eigenvalue weighted by Crippen LogP contribution is -2.39. The highest BCUT2D eigenvalue weighted by molar-refractivity contribution is 6.21. The number of rotatable bonds is 8. The Morgan fingerprint density at radius 2 is 1.71 bits per heavy atom. The van der Waals surface area contributed by atoms with E-state index in [1.54, 1.807) is 28.8 Å². The molecule has 3 aliphatic rings. The van der Waals surface area contributed by atoms with Gasteiger partial charge in [-0.15, -0.1) is 0 Å². The topological polar surface area (TPSA) is 97.6 Å². The van der Waals surface area contributed by atoms with E-state index in [9.17, 15) is 14.4 Å². The van der Waals surface area contributed by atoms with Gasteiger partial charge in [0.1, 0.15) is 11.4 Å². The molecule has 0 N–H and O–H groups in total. The molecule has 9 nitrogen and oxygen atoms in total. The number of hydrogen-bond donors (Lipinski definition) is 0. The lowest BCUT2D eigenvalue weighted by molar-refractivity contribution is 0.0527. The van der Waals surface area contributed by atoms with Crippen LogP contribution in [0.25, 0.3) is 11.0 Å². The summed E-state index contributed by atoms with van der Waals surface area (Å²) in [4.78, 5) is 53.5. The van der Waals surface area contributed by atoms with E-state index in [0.29, 0.717) is 30.0 Å². The number of carbonyl (C=O) groups is 3. The first kappa shape index (κ1) is 29.3. The van der Waals surface area contributed by atoms with Crippen molar-refractivity contribution in [3.63, 3.8) is 0 Å². The van der Waals surface area contributed by atoms with E-state index in [1.165, 1.54) is 10.5 Å². The van der Waals surface area contributed by atoms with Crippen LogP contribution in [-0.2, 0) is 17.7 Å². The van der Waals surface area contributed by atoms with Gasteiger partial charge in [-0.3, -0.25) is 24.4 Å². The molecule has 2 aromatic carbocycles. The van der Waals surface area contributed by atoms with Crippen molar-refractivity contribution >= 4 is 28.9 Å². The number of fused-ring (bicyclic) bond motifs is 3. The molecule has 9 heteroatoms. The molecule has 0 saturated heterocycles. The van der Waals surface area contributed by atoms with Gasteiger partial charge in [-0.1, -0.05) is 30.3 Å². The number of ether oxygens (including phenoxy) is 1. The molecule has 1 unspecified atom stereocenters. The van der Waals surface area contributed by atoms with Gasteiger partial charge in [0.05, 0.1) is 40.4 Å². The summed E-state index contributed by atoms with van der Waals surface area (Å²) >= 11 is 0. The number of carbonyl (C=O) groups excluding carboxylic acids is 3. The molecule has 7 rings (SSSR count). The second-order valence-electron chi connectivity index (χ2n) is 13.8. The average molecular weight is 606 g/mol. The maximum atomic E-state index is 13.6. The van der Waals surface area contributed by atoms with Crippen LogP contribution < -0.4 is 0 Å². The zero-order valence-electron chi connectivity index (χ0n) is 26.2. The number of nitrogens with zero attached hydrogens (tertiary/aromatic N) is 5. The van der Waals surface area contributed by atoms with Gasteiger partial charge in [-0.05, 0) is 101 Å². The van der Waals surface area contributed by atoms with Crippen LogP contribution in [0.5, 0.6) is 0 Å². The van der Waals surface area contributed by atoms with Gasteiger partial charge in [-0.2, -0.15) is 0 Å². The number of aromatic nitrogens is 3. The van der Waals surface area contributed by atoms with Gasteiger partial charge < -0.3 is 4.74 Å². The Balaban J connectivity index is 1.20. The Kier molecular flexibility index (Phi) is 7.31. The zero-order valence-corrected chi connectivity index (χ0v) is 26.2. The smallest absolute Gasteiger partial charge is 0.420 e. The molecule has 2 aliphatic carbocycles. The van der Waals surface area contributed by atoms with Crippen molar-refractivity contribution in [3.8, 4) is 0 Å². The molecule has 2 amide bonds. The quantitative estimate of drug-likeness (QED) is 0.210. The van der Waals surface area contributed by atoms with Crippen LogP contribution in [0.4, 0.5) is 4.79 Å². The molecule has 3 heterocycles. The summed E-state index contributed by atoms with van der Waals surface area (Å²) in [5, 5.41) is 0. The van der Waals surface area contributed by atoms with Crippen LogP contribution in [0.15, 0.2) is 66.9 Å². The summed E-state index contributed by atoms with van der Waals surface area (Å²) < 4.78 is 7.47. The highest BCUT2D eigenvalue weighted by Crippen LogP contribution is 2.51. The molecule has 45 heavy (non-hydrogen) atoms. The van der Waals surface area contributed by atoms with Crippen LogP contribution in [0, 0.1) is 5.41 Å². The molecule has 1 saturated carbocycles. The number of pyridine rings is 1. The van der Waals surface area contributed by atoms with Crippen molar-refractivity contribution in [1.29, 1.82) is 0 Å². The first-order chi connectivity index (χ1) is 21.6. The number of imidazole rings is 1. The Labute approximate surface area is 263 Å². The summed E-state index contributed by atoms with van der Waals surface area (Å²) in [5.41, 5.74) is 4.07. The van der Waals surface area contributed by atoms with E-state index >= 15 is 0 Å². The molecule has 232 valence electrons. The van der Waals surface area contributed by atoms with Gasteiger partial charge in [0.25, 0.3) is 11.8 Å². The number of amides is 2. The van der Waals surface area contributed by atoms with Gasteiger partial charge in [-0.25, -0.2) is 14.3 Å². The highest BCUT2D eigenvalue weighted by Gasteiger charge is 2.47. The fourth-order valence-electron chi connectivity index (χ4n) is 6.98. The third-order valence-corrected chi connectivity index (χ3v) is 9.40. The summed E-state index contributed by atoms with van der Waals surface area (Å²) in [5.74, 6) is 0.212. The van der Waals surface area contributed by atoms with Crippen LogP contribution in [0.2, 0.25) is 0 Å². The predicted molar refractivity (Wildman–Crippen MR) is 170 cm³/mol. The normalized spacial score (nSPS) is 18.8. The van der Waals surface area contributed by atoms with Crippen LogP contribution in [0.1, 0.15) is 96.7 Å². The van der Waals surface area contributed by atoms with Crippen molar-refractivity contribution < 1.29 is 19.1 Å². The second-order valence-corrected chi connectivity index (χ2v) is 13.8. The summed E-state index contributed by atoms with van der Waals surface area (Å²) in [7, 11) is 0. The largest absolute Gasteiger partial charge is 0.443 e. The van der Waals surface area contributed by atoms with E-state index in [1.807, 2.05) is 57.3 Å². The van der Waals surface area contributed by atoms with E-state index in [0.717, 1.165) is 61.8 Å². The molecular weight excluding hydrogens is 566 g/mol. The number of hydrogen-bond acceptors (Lipinski definition) is 7. The lowest BCUT2D eigenvalue weighted by Gasteiger charge is -2.37. The van der Waals surface area contributed by atoms with Crippen LogP contribution in [0.3, 0.4) is 0 Å². The number of para-hydroxylation sites is 2. The van der Waals surface area contributed by atoms with E-state index in [2.05, 4.69) is 11.0 Å². The molecule has 0 radical (unpaired) electrons. The maximum Gasteiger partial charge on any atom is 0.420 e. The minimum atomic E-state index is -0.659. The van der Waals surface area contributed by atoms with E-state index in [4.69, 9.17) is 14.7 Å². The third-order valence-electron chi connectivity index (χ3n) is 9.40. The molecule has 1 aliphatic heterocycles. The monoisotopic (exact) mass is 605 g/mol. The molecule has 4 aromatic rings. The Morgan fingerprint density at radius 3 is 2.42 bits per heavy atom. The molecule has 1 atom stereocenters. The van der Waals surface area contributed by atoms with Crippen LogP contribution >= 0.6 is 0 Å². The van der Waals surface area contributed by atoms with Gasteiger partial charge in [0, 0.05) is 19.3 Å². The molecule has 2 aromatic heterocycles. The van der Waals surface area contributed by atoms with Gasteiger partial charge in [0.15, 0.2) is 0 Å². The standard InChI is InChI=1S/C36H39N5O4/c1-35(2,3)45-34(44)41-28-15-7-6-14-27(28)38-30(41)22-39(29-16-8-10-24-11-9-20-37-31(24)29)23-36(17-18-36)19-21-40-32(42)25-12-4-5-13-26(25)33(40)43/h4-7,9,11-15,20,29H,8,10,16-19,21-23H2,1-3H3. The minimum absolute atomic E-state index is 0.0511. The first-order valence-corrected chi connectivity index (χ1v) is 16.0. The predicted octanol–water partition coefficient (Wildman–Crippen LogP) is 6.56. The number of benzene rings is 2. The summed E-state index contributed by atoms with van der Waals surface area (Å²) in [6, 6.07) is 18.9. The molecular formula is C36H39N5O4. The third kappa shape index (κ3) is 5.65.